The maximum absolute atomic E-state index is 12.9. The molecule has 7 N–H and O–H groups in total. The van der Waals surface area contributed by atoms with Crippen LogP contribution in [0.3, 0.4) is 0 Å². The molecule has 2 rings (SSSR count). The lowest BCUT2D eigenvalue weighted by molar-refractivity contribution is -0.161. The van der Waals surface area contributed by atoms with Crippen LogP contribution in [0.2, 0.25) is 0 Å². The maximum atomic E-state index is 12.9. The Morgan fingerprint density at radius 2 is 1.23 bits per heavy atom. The van der Waals surface area contributed by atoms with Gasteiger partial charge >= 0.3 is 33.3 Å². The molecule has 0 amide bonds. The molecule has 0 radical (unpaired) electrons. The van der Waals surface area contributed by atoms with Gasteiger partial charge in [-0.3, -0.25) is 23.2 Å². The standard InChI is InChI=1S/C54H79N3O16P2/c1-3-5-6-7-8-9-10-11-12-13-14-15-16-20-23-26-29-32-35-38-49(59)68-42-46(71-50(60)39-36-33-30-27-24-21-18-17-19-22-25-28-31-34-37-45(58)4-2)43-69-74(64,65)73-75(66,67)70-44-47-51(61)52(62)53(72-47)57-41-40-48(55)56-54(57)63/h5-6,8-9,11-12,14-15,18-23,27-32,34,37,40-41,45-47,51-53,58,61-62H,3-4,7,10,13,16-17,24-26,33,35-36,38-39,42-44H2,1-2H3,(H,64,65)(H,66,67)(H2,55,56,63)/b6-5-,9-8-,12-11-,15-14-,21-18-,22-19-,23-20-,30-27-,31-28-,32-29-,37-34+/t45-,46-,47-,51-,52-,53-/m1/s1. The molecule has 0 saturated carbocycles. The number of aliphatic hydroxyl groups is 3. The minimum absolute atomic E-state index is 0.0266. The average molecular weight is 1090 g/mol. The van der Waals surface area contributed by atoms with E-state index in [1.807, 2.05) is 73.8 Å². The highest BCUT2D eigenvalue weighted by molar-refractivity contribution is 7.61. The highest BCUT2D eigenvalue weighted by atomic mass is 31.3. The molecule has 1 saturated heterocycles. The lowest BCUT2D eigenvalue weighted by atomic mass is 10.1. The summed E-state index contributed by atoms with van der Waals surface area (Å²) in [4.78, 5) is 61.9. The fraction of sp³-hybridized carbons (Fsp3) is 0.481. The van der Waals surface area contributed by atoms with E-state index in [1.165, 1.54) is 6.07 Å². The fourth-order valence-corrected chi connectivity index (χ4v) is 8.49. The smallest absolute Gasteiger partial charge is 0.462 e. The van der Waals surface area contributed by atoms with E-state index in [2.05, 4.69) is 77.0 Å². The van der Waals surface area contributed by atoms with E-state index in [1.54, 1.807) is 6.08 Å². The van der Waals surface area contributed by atoms with Crippen LogP contribution in [-0.2, 0) is 46.3 Å². The number of nitrogens with two attached hydrogens (primary N) is 1. The van der Waals surface area contributed by atoms with Gasteiger partial charge in [0, 0.05) is 19.0 Å². The molecule has 0 spiro atoms. The predicted molar refractivity (Wildman–Crippen MR) is 289 cm³/mol. The largest absolute Gasteiger partial charge is 0.481 e. The first-order valence-corrected chi connectivity index (χ1v) is 28.3. The van der Waals surface area contributed by atoms with Crippen LogP contribution in [0.25, 0.3) is 0 Å². The molecule has 2 unspecified atom stereocenters. The van der Waals surface area contributed by atoms with Crippen LogP contribution in [0, 0.1) is 0 Å². The first kappa shape index (κ1) is 66.0. The van der Waals surface area contributed by atoms with Crippen LogP contribution in [0.4, 0.5) is 5.82 Å². The summed E-state index contributed by atoms with van der Waals surface area (Å²) in [7, 11) is -10.9. The van der Waals surface area contributed by atoms with Gasteiger partial charge in [0.15, 0.2) is 12.3 Å². The number of phosphoric acid groups is 2. The summed E-state index contributed by atoms with van der Waals surface area (Å²) in [5.74, 6) is -1.51. The van der Waals surface area contributed by atoms with Gasteiger partial charge in [-0.1, -0.05) is 148 Å². The van der Waals surface area contributed by atoms with Gasteiger partial charge in [0.1, 0.15) is 30.7 Å². The Labute approximate surface area is 441 Å². The molecule has 416 valence electrons. The van der Waals surface area contributed by atoms with Gasteiger partial charge in [-0.05, 0) is 89.5 Å². The third-order valence-corrected chi connectivity index (χ3v) is 13.0. The van der Waals surface area contributed by atoms with Crippen LogP contribution >= 0.6 is 15.6 Å². The van der Waals surface area contributed by atoms with Crippen molar-refractivity contribution < 1.29 is 71.4 Å². The van der Waals surface area contributed by atoms with Crippen molar-refractivity contribution in [2.75, 3.05) is 25.6 Å². The average Bonchev–Trinajstić information content (AvgIpc) is 3.65. The van der Waals surface area contributed by atoms with Gasteiger partial charge in [-0.25, -0.2) is 13.9 Å². The Morgan fingerprint density at radius 1 is 0.707 bits per heavy atom. The van der Waals surface area contributed by atoms with Crippen molar-refractivity contribution in [3.63, 3.8) is 0 Å². The number of hydrogen-bond donors (Lipinski definition) is 6. The SMILES string of the molecule is CC/C=C\C/C=C\C/C=C\C/C=C\C/C=C\C/C=C\CCC(=O)OC[C@H](COP(=O)(O)OP(=O)(O)OC[C@H]1O[C@@H](n2ccc(N)nc2=O)[C@H](O)[C@@H]1O)OC(=O)CCC/C=C\C/C=C\C/C=C\C/C=C\C=C\[C@H](O)CC. The van der Waals surface area contributed by atoms with E-state index >= 15 is 0 Å². The minimum Gasteiger partial charge on any atom is -0.462 e. The predicted octanol–water partition coefficient (Wildman–Crippen LogP) is 9.52. The van der Waals surface area contributed by atoms with Crippen molar-refractivity contribution >= 4 is 33.4 Å². The van der Waals surface area contributed by atoms with E-state index in [0.29, 0.717) is 38.5 Å². The lowest BCUT2D eigenvalue weighted by Crippen LogP contribution is -2.36. The molecule has 8 atom stereocenters. The number of aromatic nitrogens is 2. The molecule has 75 heavy (non-hydrogen) atoms. The number of carbonyl (C=O) groups excluding carboxylic acids is 2. The molecule has 1 fully saturated rings. The van der Waals surface area contributed by atoms with Gasteiger partial charge in [-0.2, -0.15) is 9.29 Å². The molecule has 0 bridgehead atoms. The Balaban J connectivity index is 1.87. The molecule has 0 aromatic carbocycles. The maximum Gasteiger partial charge on any atom is 0.481 e. The number of allylic oxidation sites excluding steroid dienone is 21. The van der Waals surface area contributed by atoms with Gasteiger partial charge in [0.25, 0.3) is 0 Å². The summed E-state index contributed by atoms with van der Waals surface area (Å²) in [5.41, 5.74) is 4.57. The van der Waals surface area contributed by atoms with Crippen molar-refractivity contribution in [2.45, 2.75) is 147 Å². The number of nitrogens with zero attached hydrogens (tertiary/aromatic N) is 2. The molecule has 21 heteroatoms. The van der Waals surface area contributed by atoms with Gasteiger partial charge in [0.2, 0.25) is 0 Å². The van der Waals surface area contributed by atoms with E-state index in [9.17, 15) is 48.6 Å². The summed E-state index contributed by atoms with van der Waals surface area (Å²) >= 11 is 0. The van der Waals surface area contributed by atoms with Crippen LogP contribution in [-0.4, -0.2) is 96.9 Å². The number of phosphoric ester groups is 2. The molecule has 19 nitrogen and oxygen atoms in total. The second-order valence-electron chi connectivity index (χ2n) is 16.7. The van der Waals surface area contributed by atoms with Crippen molar-refractivity contribution in [1.82, 2.24) is 9.55 Å². The van der Waals surface area contributed by atoms with Crippen LogP contribution < -0.4 is 11.4 Å². The number of anilines is 1. The monoisotopic (exact) mass is 1090 g/mol. The van der Waals surface area contributed by atoms with Crippen LogP contribution in [0.5, 0.6) is 0 Å². The Morgan fingerprint density at radius 3 is 1.77 bits per heavy atom. The number of unbranched alkanes of at least 4 members (excludes halogenated alkanes) is 1. The van der Waals surface area contributed by atoms with E-state index < -0.39 is 89.8 Å². The zero-order valence-electron chi connectivity index (χ0n) is 43.1. The van der Waals surface area contributed by atoms with E-state index in [4.69, 9.17) is 29.0 Å². The topological polar surface area (TPSA) is 286 Å². The number of rotatable bonds is 39. The molecule has 1 aromatic rings. The zero-order chi connectivity index (χ0) is 55.0. The number of esters is 2. The number of carbonyl (C=O) groups is 2. The number of ether oxygens (including phenoxy) is 3. The third-order valence-electron chi connectivity index (χ3n) is 10.4. The Bertz CT molecular complexity index is 2300. The summed E-state index contributed by atoms with van der Waals surface area (Å²) in [6.45, 7) is 1.55. The summed E-state index contributed by atoms with van der Waals surface area (Å²) in [6, 6.07) is 1.23. The number of aliphatic hydroxyl groups excluding tert-OH is 3. The zero-order valence-corrected chi connectivity index (χ0v) is 44.9. The summed E-state index contributed by atoms with van der Waals surface area (Å²) < 4.78 is 56.6. The first-order chi connectivity index (χ1) is 36.1. The summed E-state index contributed by atoms with van der Waals surface area (Å²) in [6.07, 6.45) is 46.5. The molecule has 0 aliphatic carbocycles. The minimum atomic E-state index is -5.47. The second kappa shape index (κ2) is 40.2. The molecule has 1 aliphatic heterocycles. The van der Waals surface area contributed by atoms with E-state index in [-0.39, 0.29) is 18.7 Å². The first-order valence-electron chi connectivity index (χ1n) is 25.3. The van der Waals surface area contributed by atoms with Crippen molar-refractivity contribution in [3.05, 3.63) is 156 Å². The molecule has 1 aliphatic rings. The van der Waals surface area contributed by atoms with Crippen LogP contribution in [0.15, 0.2) is 151 Å². The number of nitrogen functional groups attached to an aromatic ring is 1. The quantitative estimate of drug-likeness (QED) is 0.0118. The van der Waals surface area contributed by atoms with Crippen molar-refractivity contribution in [2.24, 2.45) is 0 Å². The Hall–Kier alpha value is -5.14. The lowest BCUT2D eigenvalue weighted by Gasteiger charge is -2.21. The highest BCUT2D eigenvalue weighted by Gasteiger charge is 2.46. The number of hydrogen-bond acceptors (Lipinski definition) is 16. The third kappa shape index (κ3) is 32.8. The molecular weight excluding hydrogens is 1010 g/mol. The molecular formula is C54H79N3O16P2. The van der Waals surface area contributed by atoms with Gasteiger partial charge in [0.05, 0.1) is 19.3 Å². The Kier molecular flexibility index (Phi) is 35.3. The van der Waals surface area contributed by atoms with Crippen LogP contribution in [0.1, 0.15) is 116 Å². The van der Waals surface area contributed by atoms with E-state index in [0.717, 1.165) is 55.7 Å². The molecule has 2 heterocycles. The van der Waals surface area contributed by atoms with Gasteiger partial charge < -0.3 is 45.1 Å². The van der Waals surface area contributed by atoms with Crippen molar-refractivity contribution in [1.29, 1.82) is 0 Å². The van der Waals surface area contributed by atoms with Gasteiger partial charge in [-0.15, -0.1) is 0 Å². The summed E-state index contributed by atoms with van der Waals surface area (Å²) in [5, 5.41) is 30.4. The van der Waals surface area contributed by atoms with Crippen molar-refractivity contribution in [3.8, 4) is 0 Å². The molecule has 1 aromatic heterocycles. The highest BCUT2D eigenvalue weighted by Crippen LogP contribution is 2.60. The normalized spacial score (nSPS) is 20.3. The second-order valence-corrected chi connectivity index (χ2v) is 19.8. The fourth-order valence-electron chi connectivity index (χ4n) is 6.38.